The number of aromatic nitrogens is 2. The van der Waals surface area contributed by atoms with Crippen LogP contribution in [0.3, 0.4) is 0 Å². The predicted molar refractivity (Wildman–Crippen MR) is 68.7 cm³/mol. The molecule has 0 amide bonds. The molecule has 0 aliphatic carbocycles. The zero-order valence-electron chi connectivity index (χ0n) is 11.5. The molecule has 1 aromatic rings. The molecule has 0 saturated carbocycles. The van der Waals surface area contributed by atoms with Gasteiger partial charge in [0.1, 0.15) is 0 Å². The number of aryl methyl sites for hydroxylation is 2. The number of nitrogens with zero attached hydrogens (tertiary/aromatic N) is 2. The molecule has 1 N–H and O–H groups in total. The van der Waals surface area contributed by atoms with E-state index in [1.807, 2.05) is 0 Å². The Balaban J connectivity index is 2.90. The van der Waals surface area contributed by atoms with Crippen LogP contribution in [0.15, 0.2) is 0 Å². The number of hydrogen-bond donors (Lipinski definition) is 1. The van der Waals surface area contributed by atoms with E-state index in [4.69, 9.17) is 0 Å². The lowest BCUT2D eigenvalue weighted by Gasteiger charge is -2.19. The molecule has 1 rings (SSSR count). The fraction of sp³-hybridized carbons (Fsp3) is 0.769. The van der Waals surface area contributed by atoms with Gasteiger partial charge in [-0.2, -0.15) is 5.10 Å². The zero-order valence-corrected chi connectivity index (χ0v) is 11.5. The Morgan fingerprint density at radius 3 is 2.31 bits per heavy atom. The smallest absolute Gasteiger partial charge is 0.0644 e. The largest absolute Gasteiger partial charge is 0.308 e. The SMILES string of the molecule is CCC(C)NC(C)c1c(C)nn(CC)c1C. The molecule has 3 heteroatoms. The van der Waals surface area contributed by atoms with Gasteiger partial charge < -0.3 is 5.32 Å². The summed E-state index contributed by atoms with van der Waals surface area (Å²) in [5.74, 6) is 0. The molecule has 0 aliphatic rings. The summed E-state index contributed by atoms with van der Waals surface area (Å²) in [6, 6.07) is 0.939. The minimum atomic E-state index is 0.384. The Hall–Kier alpha value is -0.830. The van der Waals surface area contributed by atoms with E-state index < -0.39 is 0 Å². The predicted octanol–water partition coefficient (Wildman–Crippen LogP) is 2.97. The van der Waals surface area contributed by atoms with Crippen molar-refractivity contribution in [3.05, 3.63) is 17.0 Å². The van der Waals surface area contributed by atoms with Crippen LogP contribution in [0.4, 0.5) is 0 Å². The van der Waals surface area contributed by atoms with Gasteiger partial charge in [0.05, 0.1) is 5.69 Å². The normalized spacial score (nSPS) is 15.1. The Morgan fingerprint density at radius 1 is 1.25 bits per heavy atom. The van der Waals surface area contributed by atoms with E-state index in [2.05, 4.69) is 56.6 Å². The van der Waals surface area contributed by atoms with Gasteiger partial charge in [0.2, 0.25) is 0 Å². The fourth-order valence-electron chi connectivity index (χ4n) is 2.27. The molecular weight excluding hydrogens is 198 g/mol. The quantitative estimate of drug-likeness (QED) is 0.831. The van der Waals surface area contributed by atoms with E-state index in [9.17, 15) is 0 Å². The monoisotopic (exact) mass is 223 g/mol. The second kappa shape index (κ2) is 5.48. The molecule has 92 valence electrons. The first-order chi connectivity index (χ1) is 7.51. The maximum absolute atomic E-state index is 4.56. The Morgan fingerprint density at radius 2 is 1.88 bits per heavy atom. The van der Waals surface area contributed by atoms with Crippen molar-refractivity contribution < 1.29 is 0 Å². The molecule has 0 aromatic carbocycles. The van der Waals surface area contributed by atoms with Crippen LogP contribution >= 0.6 is 0 Å². The molecule has 2 unspecified atom stereocenters. The average Bonchev–Trinajstić information content (AvgIpc) is 2.53. The van der Waals surface area contributed by atoms with Crippen LogP contribution in [0.5, 0.6) is 0 Å². The average molecular weight is 223 g/mol. The lowest BCUT2D eigenvalue weighted by atomic mass is 10.1. The number of hydrogen-bond acceptors (Lipinski definition) is 2. The Kier molecular flexibility index (Phi) is 4.54. The van der Waals surface area contributed by atoms with Gasteiger partial charge in [-0.15, -0.1) is 0 Å². The van der Waals surface area contributed by atoms with Crippen molar-refractivity contribution in [3.63, 3.8) is 0 Å². The van der Waals surface area contributed by atoms with Gasteiger partial charge in [-0.3, -0.25) is 4.68 Å². The van der Waals surface area contributed by atoms with E-state index in [0.29, 0.717) is 12.1 Å². The third-order valence-corrected chi connectivity index (χ3v) is 3.32. The van der Waals surface area contributed by atoms with Crippen LogP contribution in [0.2, 0.25) is 0 Å². The first-order valence-corrected chi connectivity index (χ1v) is 6.31. The summed E-state index contributed by atoms with van der Waals surface area (Å²) in [4.78, 5) is 0. The van der Waals surface area contributed by atoms with E-state index in [1.165, 1.54) is 11.3 Å². The second-order valence-electron chi connectivity index (χ2n) is 4.60. The van der Waals surface area contributed by atoms with E-state index in [1.54, 1.807) is 0 Å². The minimum absolute atomic E-state index is 0.384. The highest BCUT2D eigenvalue weighted by molar-refractivity contribution is 5.27. The standard InChI is InChI=1S/C13H25N3/c1-7-9(3)14-10(4)13-11(5)15-16(8-2)12(13)6/h9-10,14H,7-8H2,1-6H3. The molecule has 2 atom stereocenters. The van der Waals surface area contributed by atoms with Gasteiger partial charge in [0, 0.05) is 29.9 Å². The fourth-order valence-corrected chi connectivity index (χ4v) is 2.27. The van der Waals surface area contributed by atoms with Crippen molar-refractivity contribution in [2.75, 3.05) is 0 Å². The van der Waals surface area contributed by atoms with Crippen molar-refractivity contribution in [1.29, 1.82) is 0 Å². The first kappa shape index (κ1) is 13.2. The maximum Gasteiger partial charge on any atom is 0.0644 e. The van der Waals surface area contributed by atoms with Gasteiger partial charge in [-0.25, -0.2) is 0 Å². The van der Waals surface area contributed by atoms with Crippen LogP contribution in [-0.4, -0.2) is 15.8 Å². The van der Waals surface area contributed by atoms with E-state index in [-0.39, 0.29) is 0 Å². The van der Waals surface area contributed by atoms with Gasteiger partial charge in [-0.1, -0.05) is 6.92 Å². The first-order valence-electron chi connectivity index (χ1n) is 6.31. The van der Waals surface area contributed by atoms with Crippen molar-refractivity contribution in [3.8, 4) is 0 Å². The lowest BCUT2D eigenvalue weighted by molar-refractivity contribution is 0.466. The molecule has 1 aromatic heterocycles. The second-order valence-corrected chi connectivity index (χ2v) is 4.60. The number of nitrogens with one attached hydrogen (secondary N) is 1. The molecule has 1 heterocycles. The topological polar surface area (TPSA) is 29.9 Å². The van der Waals surface area contributed by atoms with E-state index in [0.717, 1.165) is 18.7 Å². The molecular formula is C13H25N3. The van der Waals surface area contributed by atoms with Crippen LogP contribution in [0, 0.1) is 13.8 Å². The molecule has 0 aliphatic heterocycles. The minimum Gasteiger partial charge on any atom is -0.308 e. The molecule has 0 fully saturated rings. The zero-order chi connectivity index (χ0) is 12.3. The van der Waals surface area contributed by atoms with Crippen molar-refractivity contribution in [2.24, 2.45) is 0 Å². The summed E-state index contributed by atoms with van der Waals surface area (Å²) < 4.78 is 2.08. The summed E-state index contributed by atoms with van der Waals surface area (Å²) in [6.07, 6.45) is 1.16. The highest BCUT2D eigenvalue weighted by atomic mass is 15.3. The van der Waals surface area contributed by atoms with Crippen molar-refractivity contribution in [1.82, 2.24) is 15.1 Å². The van der Waals surface area contributed by atoms with Gasteiger partial charge in [-0.05, 0) is 41.0 Å². The lowest BCUT2D eigenvalue weighted by Crippen LogP contribution is -2.28. The summed E-state index contributed by atoms with van der Waals surface area (Å²) >= 11 is 0. The maximum atomic E-state index is 4.56. The molecule has 0 spiro atoms. The Labute approximate surface area is 99.2 Å². The third kappa shape index (κ3) is 2.64. The van der Waals surface area contributed by atoms with Gasteiger partial charge in [0.25, 0.3) is 0 Å². The highest BCUT2D eigenvalue weighted by Gasteiger charge is 2.17. The summed E-state index contributed by atoms with van der Waals surface area (Å²) in [6.45, 7) is 14.0. The van der Waals surface area contributed by atoms with Crippen molar-refractivity contribution >= 4 is 0 Å². The van der Waals surface area contributed by atoms with Crippen LogP contribution in [0.25, 0.3) is 0 Å². The third-order valence-electron chi connectivity index (χ3n) is 3.32. The van der Waals surface area contributed by atoms with Crippen molar-refractivity contribution in [2.45, 2.75) is 66.6 Å². The molecule has 3 nitrogen and oxygen atoms in total. The molecule has 0 bridgehead atoms. The number of rotatable bonds is 5. The highest BCUT2D eigenvalue weighted by Crippen LogP contribution is 2.21. The summed E-state index contributed by atoms with van der Waals surface area (Å²) in [5, 5.41) is 8.17. The van der Waals surface area contributed by atoms with Crippen LogP contribution < -0.4 is 5.32 Å². The van der Waals surface area contributed by atoms with Crippen LogP contribution in [0.1, 0.15) is 57.1 Å². The summed E-state index contributed by atoms with van der Waals surface area (Å²) in [5.41, 5.74) is 3.81. The van der Waals surface area contributed by atoms with E-state index >= 15 is 0 Å². The van der Waals surface area contributed by atoms with Gasteiger partial charge >= 0.3 is 0 Å². The van der Waals surface area contributed by atoms with Gasteiger partial charge in [0.15, 0.2) is 0 Å². The molecule has 0 radical (unpaired) electrons. The molecule has 16 heavy (non-hydrogen) atoms. The summed E-state index contributed by atoms with van der Waals surface area (Å²) in [7, 11) is 0. The molecule has 0 saturated heterocycles. The van der Waals surface area contributed by atoms with Crippen LogP contribution in [-0.2, 0) is 6.54 Å². The Bertz CT molecular complexity index is 341.